The van der Waals surface area contributed by atoms with Crippen molar-refractivity contribution in [1.29, 1.82) is 0 Å². The largest absolute Gasteiger partial charge is 0.334 e. The fourth-order valence-corrected chi connectivity index (χ4v) is 1.57. The summed E-state index contributed by atoms with van der Waals surface area (Å²) in [6, 6.07) is 0. The molecule has 98 valence electrons. The molecule has 1 heterocycles. The highest BCUT2D eigenvalue weighted by molar-refractivity contribution is 5.76. The van der Waals surface area contributed by atoms with Crippen molar-refractivity contribution in [3.8, 4) is 0 Å². The van der Waals surface area contributed by atoms with E-state index in [1.165, 1.54) is 0 Å². The van der Waals surface area contributed by atoms with E-state index in [0.29, 0.717) is 13.1 Å². The molecule has 0 aliphatic heterocycles. The maximum Gasteiger partial charge on any atom is 0.245 e. The first-order valence-electron chi connectivity index (χ1n) is 5.97. The highest BCUT2D eigenvalue weighted by Gasteiger charge is 2.14. The van der Waals surface area contributed by atoms with Crippen LogP contribution in [-0.2, 0) is 17.8 Å². The molecule has 1 amide bonds. The van der Waals surface area contributed by atoms with Gasteiger partial charge in [0.2, 0.25) is 5.91 Å². The molecule has 0 spiro atoms. The van der Waals surface area contributed by atoms with Gasteiger partial charge in [0.05, 0.1) is 0 Å². The quantitative estimate of drug-likeness (QED) is 0.640. The van der Waals surface area contributed by atoms with E-state index in [9.17, 15) is 4.79 Å². The first-order chi connectivity index (χ1) is 8.72. The highest BCUT2D eigenvalue weighted by atomic mass is 16.2. The van der Waals surface area contributed by atoms with Crippen LogP contribution in [0.5, 0.6) is 0 Å². The van der Waals surface area contributed by atoms with E-state index in [2.05, 4.69) is 28.7 Å². The Kier molecular flexibility index (Phi) is 5.76. The lowest BCUT2D eigenvalue weighted by molar-refractivity contribution is -0.131. The molecular formula is C12H19N5O. The van der Waals surface area contributed by atoms with Gasteiger partial charge in [-0.3, -0.25) is 4.79 Å². The summed E-state index contributed by atoms with van der Waals surface area (Å²) in [6.07, 6.45) is 5.09. The highest BCUT2D eigenvalue weighted by Crippen LogP contribution is 2.00. The van der Waals surface area contributed by atoms with Crippen molar-refractivity contribution in [2.45, 2.75) is 26.3 Å². The average Bonchev–Trinajstić information content (AvgIpc) is 2.77. The summed E-state index contributed by atoms with van der Waals surface area (Å²) in [5, 5.41) is 11.3. The molecule has 0 unspecified atom stereocenters. The lowest BCUT2D eigenvalue weighted by Crippen LogP contribution is -2.34. The third kappa shape index (κ3) is 3.80. The maximum absolute atomic E-state index is 12.1. The van der Waals surface area contributed by atoms with Crippen LogP contribution in [0.4, 0.5) is 0 Å². The Labute approximate surface area is 107 Å². The number of tetrazole rings is 1. The zero-order valence-corrected chi connectivity index (χ0v) is 10.7. The molecule has 0 atom stereocenters. The number of aromatic nitrogens is 4. The topological polar surface area (TPSA) is 63.9 Å². The van der Waals surface area contributed by atoms with Crippen molar-refractivity contribution in [3.63, 3.8) is 0 Å². The molecule has 6 heteroatoms. The third-order valence-electron chi connectivity index (χ3n) is 2.42. The Bertz CT molecular complexity index is 402. The molecule has 0 fully saturated rings. The lowest BCUT2D eigenvalue weighted by atomic mass is 10.3. The molecule has 18 heavy (non-hydrogen) atoms. The van der Waals surface area contributed by atoms with Crippen molar-refractivity contribution < 1.29 is 4.79 Å². The van der Waals surface area contributed by atoms with Crippen molar-refractivity contribution in [1.82, 2.24) is 25.1 Å². The Hall–Kier alpha value is -1.98. The van der Waals surface area contributed by atoms with E-state index in [4.69, 9.17) is 0 Å². The van der Waals surface area contributed by atoms with Crippen LogP contribution < -0.4 is 0 Å². The second-order valence-corrected chi connectivity index (χ2v) is 3.88. The van der Waals surface area contributed by atoms with Crippen LogP contribution in [0.1, 0.15) is 19.2 Å². The number of amides is 1. The molecule has 0 aliphatic rings. The molecule has 0 aromatic carbocycles. The van der Waals surface area contributed by atoms with Gasteiger partial charge in [0, 0.05) is 19.5 Å². The van der Waals surface area contributed by atoms with E-state index in [0.717, 1.165) is 18.7 Å². The van der Waals surface area contributed by atoms with E-state index >= 15 is 0 Å². The first kappa shape index (κ1) is 14.1. The number of nitrogens with zero attached hydrogens (tertiary/aromatic N) is 5. The van der Waals surface area contributed by atoms with Gasteiger partial charge in [-0.15, -0.1) is 18.3 Å². The van der Waals surface area contributed by atoms with Gasteiger partial charge in [0.15, 0.2) is 5.82 Å². The van der Waals surface area contributed by atoms with Gasteiger partial charge in [-0.2, -0.15) is 0 Å². The number of carbonyl (C=O) groups excluding carboxylic acids is 1. The monoisotopic (exact) mass is 249 g/mol. The predicted octanol–water partition coefficient (Wildman–Crippen LogP) is 0.826. The molecule has 6 nitrogen and oxygen atoms in total. The number of aryl methyl sites for hydroxylation is 1. The predicted molar refractivity (Wildman–Crippen MR) is 68.8 cm³/mol. The minimum absolute atomic E-state index is 0.0422. The Morgan fingerprint density at radius 1 is 1.39 bits per heavy atom. The summed E-state index contributed by atoms with van der Waals surface area (Å²) in [5.41, 5.74) is 0. The molecule has 0 saturated carbocycles. The molecule has 1 aromatic rings. The van der Waals surface area contributed by atoms with Crippen molar-refractivity contribution in [2.24, 2.45) is 0 Å². The number of rotatable bonds is 8. The number of hydrogen-bond donors (Lipinski definition) is 0. The summed E-state index contributed by atoms with van der Waals surface area (Å²) in [5.74, 6) is 0.697. The molecule has 0 aliphatic carbocycles. The van der Waals surface area contributed by atoms with E-state index < -0.39 is 0 Å². The van der Waals surface area contributed by atoms with Crippen LogP contribution in [0.25, 0.3) is 0 Å². The summed E-state index contributed by atoms with van der Waals surface area (Å²) in [4.78, 5) is 13.7. The zero-order valence-electron chi connectivity index (χ0n) is 10.7. The van der Waals surface area contributed by atoms with Crippen LogP contribution in [0.2, 0.25) is 0 Å². The van der Waals surface area contributed by atoms with Gasteiger partial charge in [0.25, 0.3) is 0 Å². The van der Waals surface area contributed by atoms with Gasteiger partial charge in [-0.05, 0) is 16.8 Å². The van der Waals surface area contributed by atoms with E-state index in [1.807, 2.05) is 6.92 Å². The van der Waals surface area contributed by atoms with Crippen LogP contribution >= 0.6 is 0 Å². The minimum atomic E-state index is -0.0422. The second-order valence-electron chi connectivity index (χ2n) is 3.88. The molecular weight excluding hydrogens is 230 g/mol. The van der Waals surface area contributed by atoms with Gasteiger partial charge >= 0.3 is 0 Å². The summed E-state index contributed by atoms with van der Waals surface area (Å²) in [7, 11) is 0. The molecule has 0 bridgehead atoms. The smallest absolute Gasteiger partial charge is 0.245 e. The van der Waals surface area contributed by atoms with Crippen LogP contribution in [0, 0.1) is 0 Å². The normalized spacial score (nSPS) is 10.1. The molecule has 0 saturated heterocycles. The second kappa shape index (κ2) is 7.37. The standard InChI is InChI=1S/C12H19N5O/c1-4-7-11-13-14-15-17(11)10-12(18)16(8-5-2)9-6-3/h5-6H,2-4,7-10H2,1H3. The number of hydrogen-bond acceptors (Lipinski definition) is 4. The Morgan fingerprint density at radius 3 is 2.61 bits per heavy atom. The molecule has 1 aromatic heterocycles. The van der Waals surface area contributed by atoms with Crippen molar-refractivity contribution >= 4 is 5.91 Å². The third-order valence-corrected chi connectivity index (χ3v) is 2.42. The summed E-state index contributed by atoms with van der Waals surface area (Å²) < 4.78 is 1.55. The Balaban J connectivity index is 2.68. The van der Waals surface area contributed by atoms with Crippen LogP contribution in [0.3, 0.4) is 0 Å². The lowest BCUT2D eigenvalue weighted by Gasteiger charge is -2.19. The van der Waals surface area contributed by atoms with Gasteiger partial charge < -0.3 is 4.90 Å². The van der Waals surface area contributed by atoms with Crippen molar-refractivity contribution in [2.75, 3.05) is 13.1 Å². The zero-order chi connectivity index (χ0) is 13.4. The van der Waals surface area contributed by atoms with E-state index in [-0.39, 0.29) is 12.5 Å². The van der Waals surface area contributed by atoms with Crippen molar-refractivity contribution in [3.05, 3.63) is 31.1 Å². The average molecular weight is 249 g/mol. The summed E-state index contributed by atoms with van der Waals surface area (Å²) >= 11 is 0. The first-order valence-corrected chi connectivity index (χ1v) is 5.97. The Morgan fingerprint density at radius 2 is 2.06 bits per heavy atom. The SMILES string of the molecule is C=CCN(CC=C)C(=O)Cn1nnnc1CCC. The molecule has 1 rings (SSSR count). The molecule has 0 N–H and O–H groups in total. The maximum atomic E-state index is 12.1. The molecule has 0 radical (unpaired) electrons. The van der Waals surface area contributed by atoms with Crippen LogP contribution in [0.15, 0.2) is 25.3 Å². The van der Waals surface area contributed by atoms with Gasteiger partial charge in [0.1, 0.15) is 6.54 Å². The van der Waals surface area contributed by atoms with Gasteiger partial charge in [-0.1, -0.05) is 19.1 Å². The summed E-state index contributed by atoms with van der Waals surface area (Å²) in [6.45, 7) is 10.5. The van der Waals surface area contributed by atoms with Crippen LogP contribution in [-0.4, -0.2) is 44.1 Å². The number of carbonyl (C=O) groups is 1. The van der Waals surface area contributed by atoms with E-state index in [1.54, 1.807) is 21.7 Å². The van der Waals surface area contributed by atoms with Gasteiger partial charge in [-0.25, -0.2) is 4.68 Å². The fraction of sp³-hybridized carbons (Fsp3) is 0.500. The fourth-order valence-electron chi connectivity index (χ4n) is 1.57. The minimum Gasteiger partial charge on any atom is -0.334 e.